The van der Waals surface area contributed by atoms with Crippen LogP contribution in [0.5, 0.6) is 5.75 Å². The number of methoxy groups -OCH3 is 1. The molecule has 1 heterocycles. The zero-order valence-electron chi connectivity index (χ0n) is 15.6. The van der Waals surface area contributed by atoms with Crippen molar-refractivity contribution in [1.82, 2.24) is 9.97 Å². The van der Waals surface area contributed by atoms with E-state index in [1.807, 2.05) is 54.6 Å². The first kappa shape index (κ1) is 21.0. The fourth-order valence-electron chi connectivity index (χ4n) is 2.87. The van der Waals surface area contributed by atoms with Gasteiger partial charge in [0.1, 0.15) is 17.1 Å². The Morgan fingerprint density at radius 3 is 2.33 bits per heavy atom. The molecule has 0 N–H and O–H groups in total. The Labute approximate surface area is 171 Å². The SMILES string of the molecule is CCN(CC)c1nc(/C=C/c2ccc(Cl)cc2)nc2c(OC)cccc12.Cl. The van der Waals surface area contributed by atoms with Gasteiger partial charge in [0.25, 0.3) is 0 Å². The molecule has 0 saturated carbocycles. The summed E-state index contributed by atoms with van der Waals surface area (Å²) in [7, 11) is 1.66. The second kappa shape index (κ2) is 9.58. The fourth-order valence-corrected chi connectivity index (χ4v) is 3.00. The Balaban J connectivity index is 0.00000261. The van der Waals surface area contributed by atoms with Crippen LogP contribution < -0.4 is 9.64 Å². The van der Waals surface area contributed by atoms with Gasteiger partial charge in [0, 0.05) is 23.5 Å². The second-order valence-electron chi connectivity index (χ2n) is 5.82. The van der Waals surface area contributed by atoms with Crippen molar-refractivity contribution in [3.63, 3.8) is 0 Å². The molecule has 0 amide bonds. The summed E-state index contributed by atoms with van der Waals surface area (Å²) >= 11 is 5.95. The minimum absolute atomic E-state index is 0. The van der Waals surface area contributed by atoms with Gasteiger partial charge >= 0.3 is 0 Å². The molecule has 0 unspecified atom stereocenters. The number of hydrogen-bond donors (Lipinski definition) is 0. The smallest absolute Gasteiger partial charge is 0.155 e. The number of halogens is 2. The van der Waals surface area contributed by atoms with Gasteiger partial charge in [-0.05, 0) is 49.8 Å². The lowest BCUT2D eigenvalue weighted by Crippen LogP contribution is -2.23. The average molecular weight is 404 g/mol. The molecule has 0 fully saturated rings. The number of fused-ring (bicyclic) bond motifs is 1. The van der Waals surface area contributed by atoms with E-state index >= 15 is 0 Å². The number of anilines is 1. The summed E-state index contributed by atoms with van der Waals surface area (Å²) in [6.45, 7) is 6.00. The van der Waals surface area contributed by atoms with Crippen LogP contribution in [0.1, 0.15) is 25.2 Å². The van der Waals surface area contributed by atoms with Crippen LogP contribution in [-0.4, -0.2) is 30.2 Å². The monoisotopic (exact) mass is 403 g/mol. The van der Waals surface area contributed by atoms with E-state index in [-0.39, 0.29) is 12.4 Å². The first-order valence-electron chi connectivity index (χ1n) is 8.69. The van der Waals surface area contributed by atoms with Gasteiger partial charge in [0.15, 0.2) is 5.82 Å². The molecule has 0 aliphatic carbocycles. The first-order valence-corrected chi connectivity index (χ1v) is 9.07. The summed E-state index contributed by atoms with van der Waals surface area (Å²) < 4.78 is 5.51. The van der Waals surface area contributed by atoms with Crippen LogP contribution in [0.4, 0.5) is 5.82 Å². The second-order valence-corrected chi connectivity index (χ2v) is 6.26. The molecule has 0 spiro atoms. The highest BCUT2D eigenvalue weighted by Gasteiger charge is 2.14. The first-order chi connectivity index (χ1) is 12.7. The van der Waals surface area contributed by atoms with Crippen molar-refractivity contribution < 1.29 is 4.74 Å². The van der Waals surface area contributed by atoms with Crippen LogP contribution in [0, 0.1) is 0 Å². The van der Waals surface area contributed by atoms with Gasteiger partial charge in [-0.3, -0.25) is 0 Å². The van der Waals surface area contributed by atoms with E-state index in [9.17, 15) is 0 Å². The number of rotatable bonds is 6. The van der Waals surface area contributed by atoms with Crippen LogP contribution in [0.25, 0.3) is 23.1 Å². The zero-order chi connectivity index (χ0) is 18.5. The molecule has 0 bridgehead atoms. The summed E-state index contributed by atoms with van der Waals surface area (Å²) in [6.07, 6.45) is 3.90. The van der Waals surface area contributed by atoms with Gasteiger partial charge in [-0.2, -0.15) is 0 Å². The predicted molar refractivity (Wildman–Crippen MR) is 117 cm³/mol. The molecule has 2 aromatic carbocycles. The maximum Gasteiger partial charge on any atom is 0.155 e. The van der Waals surface area contributed by atoms with Crippen molar-refractivity contribution in [2.75, 3.05) is 25.1 Å². The van der Waals surface area contributed by atoms with Crippen molar-refractivity contribution >= 4 is 52.9 Å². The molecule has 6 heteroatoms. The minimum Gasteiger partial charge on any atom is -0.494 e. The molecule has 0 radical (unpaired) electrons. The van der Waals surface area contributed by atoms with Gasteiger partial charge in [-0.15, -0.1) is 12.4 Å². The van der Waals surface area contributed by atoms with Crippen molar-refractivity contribution in [3.05, 3.63) is 58.9 Å². The number of nitrogens with zero attached hydrogens (tertiary/aromatic N) is 3. The molecule has 0 aliphatic rings. The normalized spacial score (nSPS) is 10.8. The lowest BCUT2D eigenvalue weighted by atomic mass is 10.2. The Bertz CT molecular complexity index is 923. The molecule has 0 atom stereocenters. The van der Waals surface area contributed by atoms with Crippen LogP contribution in [0.2, 0.25) is 5.02 Å². The van der Waals surface area contributed by atoms with E-state index < -0.39 is 0 Å². The number of benzene rings is 2. The highest BCUT2D eigenvalue weighted by atomic mass is 35.5. The summed E-state index contributed by atoms with van der Waals surface area (Å²) in [4.78, 5) is 11.7. The van der Waals surface area contributed by atoms with Crippen molar-refractivity contribution in [2.24, 2.45) is 0 Å². The van der Waals surface area contributed by atoms with E-state index in [0.29, 0.717) is 5.82 Å². The summed E-state index contributed by atoms with van der Waals surface area (Å²) in [5.41, 5.74) is 1.87. The zero-order valence-corrected chi connectivity index (χ0v) is 17.2. The molecule has 27 heavy (non-hydrogen) atoms. The standard InChI is InChI=1S/C21H22ClN3O.ClH/c1-4-25(5-2)21-17-7-6-8-18(26-3)20(17)23-19(24-21)14-11-15-9-12-16(22)13-10-15;/h6-14H,4-5H2,1-3H3;1H/b14-11+;. The molecule has 1 aromatic heterocycles. The van der Waals surface area contributed by atoms with Gasteiger partial charge < -0.3 is 9.64 Å². The number of ether oxygens (including phenoxy) is 1. The molecule has 3 aromatic rings. The Kier molecular flexibility index (Phi) is 7.45. The Hall–Kier alpha value is -2.30. The van der Waals surface area contributed by atoms with Crippen LogP contribution in [0.15, 0.2) is 42.5 Å². The lowest BCUT2D eigenvalue weighted by Gasteiger charge is -2.22. The molecule has 0 aliphatic heterocycles. The minimum atomic E-state index is 0. The van der Waals surface area contributed by atoms with Crippen LogP contribution >= 0.6 is 24.0 Å². The molecule has 3 rings (SSSR count). The third-order valence-corrected chi connectivity index (χ3v) is 4.52. The third-order valence-electron chi connectivity index (χ3n) is 4.26. The highest BCUT2D eigenvalue weighted by molar-refractivity contribution is 6.30. The van der Waals surface area contributed by atoms with Gasteiger partial charge in [0.05, 0.1) is 7.11 Å². The van der Waals surface area contributed by atoms with Crippen LogP contribution in [-0.2, 0) is 0 Å². The predicted octanol–water partition coefficient (Wildman–Crippen LogP) is 5.73. The van der Waals surface area contributed by atoms with Crippen molar-refractivity contribution in [3.8, 4) is 5.75 Å². The van der Waals surface area contributed by atoms with Crippen LogP contribution in [0.3, 0.4) is 0 Å². The highest BCUT2D eigenvalue weighted by Crippen LogP contribution is 2.30. The summed E-state index contributed by atoms with van der Waals surface area (Å²) in [5.74, 6) is 2.33. The molecular weight excluding hydrogens is 381 g/mol. The number of para-hydroxylation sites is 1. The molecule has 4 nitrogen and oxygen atoms in total. The molecule has 142 valence electrons. The summed E-state index contributed by atoms with van der Waals surface area (Å²) in [5, 5.41) is 1.72. The molecule has 0 saturated heterocycles. The van der Waals surface area contributed by atoms with E-state index in [0.717, 1.165) is 46.1 Å². The Morgan fingerprint density at radius 2 is 1.70 bits per heavy atom. The quantitative estimate of drug-likeness (QED) is 0.526. The van der Waals surface area contributed by atoms with Gasteiger partial charge in [0.2, 0.25) is 0 Å². The van der Waals surface area contributed by atoms with Crippen molar-refractivity contribution in [1.29, 1.82) is 0 Å². The average Bonchev–Trinajstić information content (AvgIpc) is 2.68. The number of hydrogen-bond acceptors (Lipinski definition) is 4. The maximum atomic E-state index is 5.95. The van der Waals surface area contributed by atoms with E-state index in [1.165, 1.54) is 0 Å². The van der Waals surface area contributed by atoms with E-state index in [4.69, 9.17) is 26.3 Å². The summed E-state index contributed by atoms with van der Waals surface area (Å²) in [6, 6.07) is 13.6. The van der Waals surface area contributed by atoms with E-state index in [2.05, 4.69) is 18.7 Å². The Morgan fingerprint density at radius 1 is 1.00 bits per heavy atom. The maximum absolute atomic E-state index is 5.95. The third kappa shape index (κ3) is 4.71. The number of aromatic nitrogens is 2. The van der Waals surface area contributed by atoms with E-state index in [1.54, 1.807) is 7.11 Å². The molecular formula is C21H23Cl2N3O. The lowest BCUT2D eigenvalue weighted by molar-refractivity contribution is 0.419. The van der Waals surface area contributed by atoms with Gasteiger partial charge in [-0.1, -0.05) is 35.9 Å². The largest absolute Gasteiger partial charge is 0.494 e. The topological polar surface area (TPSA) is 38.2 Å². The van der Waals surface area contributed by atoms with Gasteiger partial charge in [-0.25, -0.2) is 9.97 Å². The fraction of sp³-hybridized carbons (Fsp3) is 0.238. The van der Waals surface area contributed by atoms with Crippen molar-refractivity contribution in [2.45, 2.75) is 13.8 Å².